The normalized spacial score (nSPS) is 24.2. The van der Waals surface area contributed by atoms with Crippen molar-refractivity contribution < 1.29 is 38.1 Å². The van der Waals surface area contributed by atoms with E-state index in [4.69, 9.17) is 18.9 Å². The third kappa shape index (κ3) is 3.37. The molecule has 0 aliphatic carbocycles. The molecule has 14 heteroatoms. The third-order valence-electron chi connectivity index (χ3n) is 8.22. The van der Waals surface area contributed by atoms with Crippen LogP contribution >= 0.6 is 0 Å². The standard InChI is InChI=1S/C28H32N6O8/c1-5-41-23(35)27-28(24(36)42-6-2)33-17-30(20-9-13-22(40-4)14-10-20)18-34(28)26(38)32(27)16-29(15-31(27)25(33)37)19-7-11-21(39-3)12-8-19/h7-14H,5-6,15-18H2,1-4H3. The topological polar surface area (TPSA) is 125 Å². The Labute approximate surface area is 242 Å². The minimum atomic E-state index is -2.11. The van der Waals surface area contributed by atoms with Gasteiger partial charge in [0.2, 0.25) is 0 Å². The fraction of sp³-hybridized carbons (Fsp3) is 0.429. The summed E-state index contributed by atoms with van der Waals surface area (Å²) in [6.07, 6.45) is 0. The van der Waals surface area contributed by atoms with Crippen LogP contribution in [0.2, 0.25) is 0 Å². The smallest absolute Gasteiger partial charge is 0.359 e. The Morgan fingerprint density at radius 2 is 0.929 bits per heavy atom. The van der Waals surface area contributed by atoms with Crippen molar-refractivity contribution in [2.24, 2.45) is 0 Å². The van der Waals surface area contributed by atoms with E-state index in [1.807, 2.05) is 0 Å². The van der Waals surface area contributed by atoms with Crippen molar-refractivity contribution in [2.75, 3.05) is 63.9 Å². The highest BCUT2D eigenvalue weighted by Crippen LogP contribution is 2.56. The summed E-state index contributed by atoms with van der Waals surface area (Å²) < 4.78 is 21.6. The van der Waals surface area contributed by atoms with Crippen LogP contribution in [0.15, 0.2) is 48.5 Å². The summed E-state index contributed by atoms with van der Waals surface area (Å²) in [7, 11) is 3.11. The molecule has 0 bridgehead atoms. The zero-order valence-corrected chi connectivity index (χ0v) is 23.8. The van der Waals surface area contributed by atoms with E-state index in [-0.39, 0.29) is 39.9 Å². The lowest BCUT2D eigenvalue weighted by Gasteiger charge is -2.51. The van der Waals surface area contributed by atoms with Crippen molar-refractivity contribution in [3.8, 4) is 11.5 Å². The number of methoxy groups -OCH3 is 2. The molecule has 4 saturated heterocycles. The van der Waals surface area contributed by atoms with Crippen molar-refractivity contribution in [3.05, 3.63) is 48.5 Å². The highest BCUT2D eigenvalue weighted by Gasteiger charge is 2.89. The Kier molecular flexibility index (Phi) is 6.43. The number of ether oxygens (including phenoxy) is 4. The number of benzene rings is 2. The second kappa shape index (κ2) is 9.89. The number of hydrogen-bond donors (Lipinski definition) is 0. The van der Waals surface area contributed by atoms with E-state index in [2.05, 4.69) is 0 Å². The van der Waals surface area contributed by atoms with Gasteiger partial charge in [0.1, 0.15) is 11.5 Å². The van der Waals surface area contributed by atoms with Crippen LogP contribution in [0, 0.1) is 0 Å². The van der Waals surface area contributed by atoms with Gasteiger partial charge in [-0.05, 0) is 62.4 Å². The average Bonchev–Trinajstić information content (AvgIpc) is 3.40. The number of carbonyl (C=O) groups excluding carboxylic acids is 4. The lowest BCUT2D eigenvalue weighted by atomic mass is 9.89. The van der Waals surface area contributed by atoms with Crippen molar-refractivity contribution in [1.29, 1.82) is 0 Å². The van der Waals surface area contributed by atoms with Crippen LogP contribution in [0.4, 0.5) is 21.0 Å². The minimum absolute atomic E-state index is 0.0241. The number of carbonyl (C=O) groups is 4. The number of rotatable bonds is 8. The number of amides is 4. The molecular formula is C28H32N6O8. The van der Waals surface area contributed by atoms with Gasteiger partial charge in [0, 0.05) is 11.4 Å². The molecule has 14 nitrogen and oxygen atoms in total. The van der Waals surface area contributed by atoms with Gasteiger partial charge in [-0.25, -0.2) is 19.2 Å². The van der Waals surface area contributed by atoms with Crippen LogP contribution < -0.4 is 19.3 Å². The maximum Gasteiger partial charge on any atom is 0.359 e. The van der Waals surface area contributed by atoms with Crippen LogP contribution in [0.5, 0.6) is 11.5 Å². The van der Waals surface area contributed by atoms with E-state index in [0.29, 0.717) is 22.9 Å². The van der Waals surface area contributed by atoms with Gasteiger partial charge in [-0.1, -0.05) is 0 Å². The summed E-state index contributed by atoms with van der Waals surface area (Å²) in [5, 5.41) is 0. The zero-order chi connectivity index (χ0) is 29.8. The number of nitrogens with zero attached hydrogens (tertiary/aromatic N) is 6. The van der Waals surface area contributed by atoms with Gasteiger partial charge in [-0.2, -0.15) is 0 Å². The van der Waals surface area contributed by atoms with E-state index >= 15 is 0 Å². The van der Waals surface area contributed by atoms with Crippen LogP contribution in [-0.2, 0) is 19.1 Å². The molecule has 0 atom stereocenters. The van der Waals surface area contributed by atoms with E-state index in [1.165, 1.54) is 19.6 Å². The maximum atomic E-state index is 14.4. The molecule has 4 heterocycles. The molecule has 0 N–H and O–H groups in total. The predicted molar refractivity (Wildman–Crippen MR) is 147 cm³/mol. The van der Waals surface area contributed by atoms with Gasteiger partial charge in [0.05, 0.1) is 54.1 Å². The Bertz CT molecular complexity index is 1280. The van der Waals surface area contributed by atoms with Gasteiger partial charge in [-0.15, -0.1) is 0 Å². The molecule has 2 aromatic carbocycles. The van der Waals surface area contributed by atoms with Gasteiger partial charge in [-0.3, -0.25) is 19.6 Å². The molecule has 2 aromatic rings. The monoisotopic (exact) mass is 580 g/mol. The predicted octanol–water partition coefficient (Wildman–Crippen LogP) is 1.87. The van der Waals surface area contributed by atoms with E-state index in [1.54, 1.807) is 86.4 Å². The molecule has 222 valence electrons. The van der Waals surface area contributed by atoms with Crippen LogP contribution in [0.1, 0.15) is 13.8 Å². The molecule has 6 rings (SSSR count). The summed E-state index contributed by atoms with van der Waals surface area (Å²) in [5.74, 6) is -0.482. The Balaban J connectivity index is 1.51. The summed E-state index contributed by atoms with van der Waals surface area (Å²) in [6, 6.07) is 13.0. The second-order valence-electron chi connectivity index (χ2n) is 10.1. The fourth-order valence-corrected chi connectivity index (χ4v) is 6.41. The Hall–Kier alpha value is -4.88. The van der Waals surface area contributed by atoms with E-state index in [0.717, 1.165) is 0 Å². The molecule has 42 heavy (non-hydrogen) atoms. The summed E-state index contributed by atoms with van der Waals surface area (Å²) in [6.45, 7) is 2.83. The maximum absolute atomic E-state index is 14.4. The zero-order valence-electron chi connectivity index (χ0n) is 23.8. The molecule has 0 spiro atoms. The first-order valence-corrected chi connectivity index (χ1v) is 13.6. The number of urea groups is 2. The first kappa shape index (κ1) is 27.3. The minimum Gasteiger partial charge on any atom is -0.497 e. The average molecular weight is 581 g/mol. The molecular weight excluding hydrogens is 548 g/mol. The fourth-order valence-electron chi connectivity index (χ4n) is 6.41. The highest BCUT2D eigenvalue weighted by atomic mass is 16.6. The van der Waals surface area contributed by atoms with Crippen LogP contribution in [0.3, 0.4) is 0 Å². The van der Waals surface area contributed by atoms with Gasteiger partial charge in [0.15, 0.2) is 0 Å². The quantitative estimate of drug-likeness (QED) is 0.428. The molecule has 0 aromatic heterocycles. The number of hydrogen-bond acceptors (Lipinski definition) is 10. The van der Waals surface area contributed by atoms with Gasteiger partial charge >= 0.3 is 24.0 Å². The summed E-state index contributed by atoms with van der Waals surface area (Å²) in [5.41, 5.74) is -2.86. The number of esters is 2. The summed E-state index contributed by atoms with van der Waals surface area (Å²) in [4.78, 5) is 65.6. The van der Waals surface area contributed by atoms with E-state index in [9.17, 15) is 19.2 Å². The molecule has 0 unspecified atom stereocenters. The van der Waals surface area contributed by atoms with Gasteiger partial charge < -0.3 is 28.7 Å². The van der Waals surface area contributed by atoms with Crippen LogP contribution in [-0.4, -0.2) is 109 Å². The third-order valence-corrected chi connectivity index (χ3v) is 8.22. The lowest BCUT2D eigenvalue weighted by molar-refractivity contribution is -0.194. The molecule has 0 radical (unpaired) electrons. The van der Waals surface area contributed by atoms with Crippen molar-refractivity contribution in [3.63, 3.8) is 0 Å². The first-order chi connectivity index (χ1) is 20.3. The highest BCUT2D eigenvalue weighted by molar-refractivity contribution is 6.10. The molecule has 0 saturated carbocycles. The van der Waals surface area contributed by atoms with Crippen molar-refractivity contribution >= 4 is 35.4 Å². The molecule has 4 fully saturated rings. The van der Waals surface area contributed by atoms with E-state index < -0.39 is 35.3 Å². The number of anilines is 2. The van der Waals surface area contributed by atoms with Gasteiger partial charge in [0.25, 0.3) is 11.3 Å². The lowest BCUT2D eigenvalue weighted by Crippen LogP contribution is -2.80. The summed E-state index contributed by atoms with van der Waals surface area (Å²) >= 11 is 0. The Morgan fingerprint density at radius 1 is 0.619 bits per heavy atom. The molecule has 4 aliphatic heterocycles. The largest absolute Gasteiger partial charge is 0.497 e. The SMILES string of the molecule is CCOC(=O)C12N3CN(c4ccc(OC)cc4)CN1C(=O)N1CN(c4ccc(OC)cc4)CN(C3=O)C12C(=O)OCC. The second-order valence-corrected chi connectivity index (χ2v) is 10.1. The van der Waals surface area contributed by atoms with Crippen LogP contribution in [0.25, 0.3) is 0 Å². The van der Waals surface area contributed by atoms with Crippen molar-refractivity contribution in [2.45, 2.75) is 25.2 Å². The molecule has 4 amide bonds. The molecule has 4 aliphatic rings. The Morgan fingerprint density at radius 3 is 1.19 bits per heavy atom. The van der Waals surface area contributed by atoms with Crippen molar-refractivity contribution in [1.82, 2.24) is 19.6 Å². The first-order valence-electron chi connectivity index (χ1n) is 13.6.